The molecular formula is C7H14ClN. The Morgan fingerprint density at radius 2 is 2.22 bits per heavy atom. The van der Waals surface area contributed by atoms with Crippen molar-refractivity contribution in [1.82, 2.24) is 5.32 Å². The smallest absolute Gasteiger partial charge is 0.0127 e. The molecule has 0 aromatic heterocycles. The summed E-state index contributed by atoms with van der Waals surface area (Å²) in [6, 6.07) is 0.920. The summed E-state index contributed by atoms with van der Waals surface area (Å²) in [7, 11) is 0. The number of halogens is 1. The molecule has 1 N–H and O–H groups in total. The van der Waals surface area contributed by atoms with Crippen molar-refractivity contribution >= 4 is 12.4 Å². The Morgan fingerprint density at radius 1 is 1.44 bits per heavy atom. The first-order valence-corrected chi connectivity index (χ1v) is 3.63. The van der Waals surface area contributed by atoms with Crippen LogP contribution < -0.4 is 5.32 Å². The standard InChI is InChI=1S/C7H13N.ClH/c1-5-6-3-2-4-8-7(5)6;/h5-8H,2-4H2,1H3;1H. The summed E-state index contributed by atoms with van der Waals surface area (Å²) in [5.74, 6) is 2.06. The number of fused-ring (bicyclic) bond motifs is 1. The summed E-state index contributed by atoms with van der Waals surface area (Å²) in [5, 5.41) is 3.51. The maximum absolute atomic E-state index is 3.51. The fourth-order valence-electron chi connectivity index (χ4n) is 1.93. The minimum absolute atomic E-state index is 0. The predicted octanol–water partition coefficient (Wildman–Crippen LogP) is 1.43. The van der Waals surface area contributed by atoms with E-state index in [1.54, 1.807) is 0 Å². The largest absolute Gasteiger partial charge is 0.313 e. The van der Waals surface area contributed by atoms with Crippen molar-refractivity contribution in [2.24, 2.45) is 11.8 Å². The van der Waals surface area contributed by atoms with E-state index in [1.165, 1.54) is 19.4 Å². The van der Waals surface area contributed by atoms with Crippen molar-refractivity contribution in [2.45, 2.75) is 25.8 Å². The molecule has 1 saturated carbocycles. The van der Waals surface area contributed by atoms with E-state index >= 15 is 0 Å². The van der Waals surface area contributed by atoms with Gasteiger partial charge in [0.1, 0.15) is 0 Å². The molecule has 2 aliphatic rings. The van der Waals surface area contributed by atoms with Crippen LogP contribution in [0.1, 0.15) is 19.8 Å². The zero-order valence-electron chi connectivity index (χ0n) is 5.76. The third-order valence-electron chi connectivity index (χ3n) is 2.66. The van der Waals surface area contributed by atoms with Crippen molar-refractivity contribution in [3.63, 3.8) is 0 Å². The summed E-state index contributed by atoms with van der Waals surface area (Å²) >= 11 is 0. The van der Waals surface area contributed by atoms with Gasteiger partial charge in [-0.3, -0.25) is 0 Å². The third kappa shape index (κ3) is 1.08. The van der Waals surface area contributed by atoms with Crippen LogP contribution in [0.25, 0.3) is 0 Å². The molecule has 0 radical (unpaired) electrons. The molecule has 2 rings (SSSR count). The van der Waals surface area contributed by atoms with Gasteiger partial charge in [-0.25, -0.2) is 0 Å². The van der Waals surface area contributed by atoms with Gasteiger partial charge in [-0.2, -0.15) is 0 Å². The minimum atomic E-state index is 0. The summed E-state index contributed by atoms with van der Waals surface area (Å²) in [6.07, 6.45) is 2.89. The van der Waals surface area contributed by atoms with E-state index in [4.69, 9.17) is 0 Å². The quantitative estimate of drug-likeness (QED) is 0.547. The predicted molar refractivity (Wildman–Crippen MR) is 40.9 cm³/mol. The number of nitrogens with one attached hydrogen (secondary N) is 1. The van der Waals surface area contributed by atoms with Crippen LogP contribution in [0, 0.1) is 11.8 Å². The van der Waals surface area contributed by atoms with Crippen LogP contribution in [0.15, 0.2) is 0 Å². The summed E-state index contributed by atoms with van der Waals surface area (Å²) < 4.78 is 0. The molecule has 2 fully saturated rings. The molecule has 0 amide bonds. The Hall–Kier alpha value is 0.250. The second-order valence-corrected chi connectivity index (χ2v) is 3.15. The molecule has 1 heterocycles. The molecule has 1 aliphatic heterocycles. The molecule has 3 unspecified atom stereocenters. The van der Waals surface area contributed by atoms with Gasteiger partial charge < -0.3 is 5.32 Å². The van der Waals surface area contributed by atoms with E-state index in [0.717, 1.165) is 17.9 Å². The second kappa shape index (κ2) is 2.47. The molecule has 9 heavy (non-hydrogen) atoms. The zero-order valence-corrected chi connectivity index (χ0v) is 6.58. The minimum Gasteiger partial charge on any atom is -0.313 e. The van der Waals surface area contributed by atoms with Gasteiger partial charge in [0.25, 0.3) is 0 Å². The number of piperidine rings is 1. The van der Waals surface area contributed by atoms with E-state index in [0.29, 0.717) is 0 Å². The Morgan fingerprint density at radius 3 is 2.67 bits per heavy atom. The van der Waals surface area contributed by atoms with Crippen LogP contribution in [0.4, 0.5) is 0 Å². The van der Waals surface area contributed by atoms with Crippen LogP contribution in [-0.4, -0.2) is 12.6 Å². The maximum atomic E-state index is 3.51. The van der Waals surface area contributed by atoms with E-state index < -0.39 is 0 Å². The number of hydrogen-bond acceptors (Lipinski definition) is 1. The molecule has 1 aliphatic carbocycles. The lowest BCUT2D eigenvalue weighted by Crippen LogP contribution is -2.24. The first kappa shape index (κ1) is 7.36. The third-order valence-corrected chi connectivity index (χ3v) is 2.66. The number of hydrogen-bond donors (Lipinski definition) is 1. The second-order valence-electron chi connectivity index (χ2n) is 3.15. The van der Waals surface area contributed by atoms with Crippen LogP contribution in [0.2, 0.25) is 0 Å². The van der Waals surface area contributed by atoms with E-state index in [9.17, 15) is 0 Å². The Balaban J connectivity index is 0.000000405. The molecule has 0 spiro atoms. The van der Waals surface area contributed by atoms with Gasteiger partial charge in [-0.1, -0.05) is 6.92 Å². The highest BCUT2D eigenvalue weighted by atomic mass is 35.5. The average Bonchev–Trinajstić information content (AvgIpc) is 2.46. The number of rotatable bonds is 0. The average molecular weight is 148 g/mol. The highest BCUT2D eigenvalue weighted by molar-refractivity contribution is 5.85. The van der Waals surface area contributed by atoms with Gasteiger partial charge in [0.05, 0.1) is 0 Å². The molecule has 1 saturated heterocycles. The van der Waals surface area contributed by atoms with Crippen LogP contribution in [0.5, 0.6) is 0 Å². The molecular weight excluding hydrogens is 134 g/mol. The molecule has 0 aromatic carbocycles. The normalized spacial score (nSPS) is 47.0. The first-order valence-electron chi connectivity index (χ1n) is 3.63. The van der Waals surface area contributed by atoms with Crippen molar-refractivity contribution in [1.29, 1.82) is 0 Å². The lowest BCUT2D eigenvalue weighted by atomic mass is 10.1. The van der Waals surface area contributed by atoms with Gasteiger partial charge >= 0.3 is 0 Å². The lowest BCUT2D eigenvalue weighted by Gasteiger charge is -2.08. The highest BCUT2D eigenvalue weighted by Gasteiger charge is 2.47. The van der Waals surface area contributed by atoms with Crippen LogP contribution in [-0.2, 0) is 0 Å². The molecule has 1 nitrogen and oxygen atoms in total. The SMILES string of the molecule is CC1C2CCCNC12.Cl. The molecule has 3 atom stereocenters. The molecule has 0 aromatic rings. The fraction of sp³-hybridized carbons (Fsp3) is 1.00. The Kier molecular flexibility index (Phi) is 2.02. The topological polar surface area (TPSA) is 12.0 Å². The van der Waals surface area contributed by atoms with Crippen molar-refractivity contribution in [3.05, 3.63) is 0 Å². The highest BCUT2D eigenvalue weighted by Crippen LogP contribution is 2.43. The molecule has 2 heteroatoms. The maximum Gasteiger partial charge on any atom is 0.0127 e. The summed E-state index contributed by atoms with van der Waals surface area (Å²) in [6.45, 7) is 3.62. The van der Waals surface area contributed by atoms with E-state index in [1.807, 2.05) is 0 Å². The first-order chi connectivity index (χ1) is 3.89. The van der Waals surface area contributed by atoms with Gasteiger partial charge in [0.15, 0.2) is 0 Å². The molecule has 0 bridgehead atoms. The van der Waals surface area contributed by atoms with Crippen molar-refractivity contribution < 1.29 is 0 Å². The zero-order chi connectivity index (χ0) is 5.56. The van der Waals surface area contributed by atoms with Crippen molar-refractivity contribution in [2.75, 3.05) is 6.54 Å². The summed E-state index contributed by atoms with van der Waals surface area (Å²) in [4.78, 5) is 0. The van der Waals surface area contributed by atoms with E-state index in [2.05, 4.69) is 12.2 Å². The van der Waals surface area contributed by atoms with Gasteiger partial charge in [-0.05, 0) is 31.2 Å². The van der Waals surface area contributed by atoms with Crippen LogP contribution in [0.3, 0.4) is 0 Å². The lowest BCUT2D eigenvalue weighted by molar-refractivity contribution is 0.505. The Bertz CT molecular complexity index is 93.1. The van der Waals surface area contributed by atoms with Crippen molar-refractivity contribution in [3.8, 4) is 0 Å². The van der Waals surface area contributed by atoms with Gasteiger partial charge in [-0.15, -0.1) is 12.4 Å². The fourth-order valence-corrected chi connectivity index (χ4v) is 1.93. The summed E-state index contributed by atoms with van der Waals surface area (Å²) in [5.41, 5.74) is 0. The van der Waals surface area contributed by atoms with Gasteiger partial charge in [0, 0.05) is 6.04 Å². The monoisotopic (exact) mass is 147 g/mol. The van der Waals surface area contributed by atoms with Crippen LogP contribution >= 0.6 is 12.4 Å². The van der Waals surface area contributed by atoms with Gasteiger partial charge in [0.2, 0.25) is 0 Å². The molecule has 54 valence electrons. The van der Waals surface area contributed by atoms with E-state index in [-0.39, 0.29) is 12.4 Å². The Labute approximate surface area is 62.6 Å².